The molecule has 6 nitrogen and oxygen atoms in total. The average Bonchev–Trinajstić information content (AvgIpc) is 3.14. The molecule has 25 heavy (non-hydrogen) atoms. The summed E-state index contributed by atoms with van der Waals surface area (Å²) in [7, 11) is 1.63. The van der Waals surface area contributed by atoms with E-state index in [1.165, 1.54) is 0 Å². The fourth-order valence-electron chi connectivity index (χ4n) is 3.01. The number of carbonyl (C=O) groups excluding carboxylic acids is 1. The van der Waals surface area contributed by atoms with Gasteiger partial charge in [-0.3, -0.25) is 9.78 Å². The molecule has 1 aliphatic rings. The van der Waals surface area contributed by atoms with Crippen molar-refractivity contribution in [3.8, 4) is 11.5 Å². The Morgan fingerprint density at radius 3 is 2.96 bits per heavy atom. The molecule has 0 radical (unpaired) electrons. The Bertz CT molecular complexity index is 693. The predicted octanol–water partition coefficient (Wildman–Crippen LogP) is 1.62. The SMILES string of the molecule is COc1ccccc1CNC(=O)[C@@H]1CNC[C@H]1COc1cccnc1. The summed E-state index contributed by atoms with van der Waals surface area (Å²) in [5.41, 5.74) is 0.965. The molecular weight excluding hydrogens is 318 g/mol. The first-order valence-corrected chi connectivity index (χ1v) is 8.41. The first kappa shape index (κ1) is 17.2. The molecule has 0 saturated carbocycles. The lowest BCUT2D eigenvalue weighted by Crippen LogP contribution is -2.36. The number of pyridine rings is 1. The van der Waals surface area contributed by atoms with Gasteiger partial charge in [0, 0.05) is 37.3 Å². The van der Waals surface area contributed by atoms with Crippen molar-refractivity contribution in [2.45, 2.75) is 6.54 Å². The molecule has 132 valence electrons. The van der Waals surface area contributed by atoms with Crippen LogP contribution in [-0.2, 0) is 11.3 Å². The molecule has 1 aromatic heterocycles. The Morgan fingerprint density at radius 2 is 2.16 bits per heavy atom. The first-order chi connectivity index (χ1) is 12.3. The third kappa shape index (κ3) is 4.48. The first-order valence-electron chi connectivity index (χ1n) is 8.41. The molecule has 1 aromatic carbocycles. The van der Waals surface area contributed by atoms with Gasteiger partial charge in [0.15, 0.2) is 0 Å². The highest BCUT2D eigenvalue weighted by atomic mass is 16.5. The van der Waals surface area contributed by atoms with Gasteiger partial charge in [-0.05, 0) is 18.2 Å². The van der Waals surface area contributed by atoms with Gasteiger partial charge in [-0.2, -0.15) is 0 Å². The highest BCUT2D eigenvalue weighted by molar-refractivity contribution is 5.79. The van der Waals surface area contributed by atoms with E-state index in [0.717, 1.165) is 23.6 Å². The van der Waals surface area contributed by atoms with Gasteiger partial charge in [0.1, 0.15) is 11.5 Å². The lowest BCUT2D eigenvalue weighted by Gasteiger charge is -2.19. The Balaban J connectivity index is 1.53. The van der Waals surface area contributed by atoms with E-state index in [-0.39, 0.29) is 17.7 Å². The van der Waals surface area contributed by atoms with Gasteiger partial charge >= 0.3 is 0 Å². The zero-order chi connectivity index (χ0) is 17.5. The topological polar surface area (TPSA) is 72.5 Å². The van der Waals surface area contributed by atoms with Crippen molar-refractivity contribution in [2.75, 3.05) is 26.8 Å². The number of aromatic nitrogens is 1. The van der Waals surface area contributed by atoms with Crippen LogP contribution >= 0.6 is 0 Å². The second-order valence-corrected chi connectivity index (χ2v) is 6.05. The molecule has 1 fully saturated rings. The number of hydrogen-bond acceptors (Lipinski definition) is 5. The maximum atomic E-state index is 12.6. The number of ether oxygens (including phenoxy) is 2. The third-order valence-corrected chi connectivity index (χ3v) is 4.42. The standard InChI is InChI=1S/C19H23N3O3/c1-24-18-7-3-2-5-14(18)10-22-19(23)17-12-21-9-15(17)13-25-16-6-4-8-20-11-16/h2-8,11,15,17,21H,9-10,12-13H2,1H3,(H,22,23)/t15-,17+/m0/s1. The summed E-state index contributed by atoms with van der Waals surface area (Å²) in [6.45, 7) is 2.38. The third-order valence-electron chi connectivity index (χ3n) is 4.42. The molecule has 2 atom stereocenters. The van der Waals surface area contributed by atoms with Crippen LogP contribution in [0.25, 0.3) is 0 Å². The van der Waals surface area contributed by atoms with Gasteiger partial charge < -0.3 is 20.1 Å². The van der Waals surface area contributed by atoms with Crippen LogP contribution in [0.5, 0.6) is 11.5 Å². The minimum absolute atomic E-state index is 0.0377. The van der Waals surface area contributed by atoms with Gasteiger partial charge in [0.05, 0.1) is 25.8 Å². The fraction of sp³-hybridized carbons (Fsp3) is 0.368. The summed E-state index contributed by atoms with van der Waals surface area (Å²) < 4.78 is 11.1. The molecule has 6 heteroatoms. The maximum absolute atomic E-state index is 12.6. The zero-order valence-corrected chi connectivity index (χ0v) is 14.3. The molecule has 0 bridgehead atoms. The van der Waals surface area contributed by atoms with E-state index in [1.54, 1.807) is 19.5 Å². The number of nitrogens with zero attached hydrogens (tertiary/aromatic N) is 1. The summed E-state index contributed by atoms with van der Waals surface area (Å²) in [6, 6.07) is 11.4. The summed E-state index contributed by atoms with van der Waals surface area (Å²) in [5.74, 6) is 1.58. The van der Waals surface area contributed by atoms with Gasteiger partial charge in [0.25, 0.3) is 0 Å². The van der Waals surface area contributed by atoms with Crippen LogP contribution in [0.4, 0.5) is 0 Å². The average molecular weight is 341 g/mol. The van der Waals surface area contributed by atoms with Crippen LogP contribution in [0, 0.1) is 11.8 Å². The maximum Gasteiger partial charge on any atom is 0.225 e. The largest absolute Gasteiger partial charge is 0.496 e. The molecule has 1 amide bonds. The Kier molecular flexibility index (Phi) is 5.85. The van der Waals surface area contributed by atoms with Gasteiger partial charge in [0.2, 0.25) is 5.91 Å². The molecule has 0 aliphatic carbocycles. The van der Waals surface area contributed by atoms with E-state index in [0.29, 0.717) is 19.7 Å². The zero-order valence-electron chi connectivity index (χ0n) is 14.3. The van der Waals surface area contributed by atoms with Crippen LogP contribution in [0.2, 0.25) is 0 Å². The van der Waals surface area contributed by atoms with Crippen LogP contribution in [0.3, 0.4) is 0 Å². The van der Waals surface area contributed by atoms with Crippen LogP contribution < -0.4 is 20.1 Å². The lowest BCUT2D eigenvalue weighted by atomic mass is 9.96. The highest BCUT2D eigenvalue weighted by Crippen LogP contribution is 2.20. The molecule has 0 unspecified atom stereocenters. The molecule has 0 spiro atoms. The second-order valence-electron chi connectivity index (χ2n) is 6.05. The Morgan fingerprint density at radius 1 is 1.28 bits per heavy atom. The van der Waals surface area contributed by atoms with Gasteiger partial charge in [-0.15, -0.1) is 0 Å². The summed E-state index contributed by atoms with van der Waals surface area (Å²) >= 11 is 0. The molecule has 2 heterocycles. The summed E-state index contributed by atoms with van der Waals surface area (Å²) in [5, 5.41) is 6.30. The number of methoxy groups -OCH3 is 1. The quantitative estimate of drug-likeness (QED) is 0.801. The number of carbonyl (C=O) groups is 1. The number of benzene rings is 1. The van der Waals surface area contributed by atoms with E-state index in [4.69, 9.17) is 9.47 Å². The highest BCUT2D eigenvalue weighted by Gasteiger charge is 2.33. The number of hydrogen-bond donors (Lipinski definition) is 2. The van der Waals surface area contributed by atoms with Gasteiger partial charge in [-0.25, -0.2) is 0 Å². The number of amides is 1. The van der Waals surface area contributed by atoms with Crippen molar-refractivity contribution in [1.29, 1.82) is 0 Å². The predicted molar refractivity (Wildman–Crippen MR) is 94.4 cm³/mol. The van der Waals surface area contributed by atoms with Crippen LogP contribution in [-0.4, -0.2) is 37.7 Å². The van der Waals surface area contributed by atoms with E-state index in [1.807, 2.05) is 36.4 Å². The van der Waals surface area contributed by atoms with E-state index in [2.05, 4.69) is 15.6 Å². The fourth-order valence-corrected chi connectivity index (χ4v) is 3.01. The second kappa shape index (κ2) is 8.48. The molecule has 2 aromatic rings. The lowest BCUT2D eigenvalue weighted by molar-refractivity contribution is -0.126. The van der Waals surface area contributed by atoms with E-state index in [9.17, 15) is 4.79 Å². The molecular formula is C19H23N3O3. The molecule has 1 saturated heterocycles. The minimum Gasteiger partial charge on any atom is -0.496 e. The number of nitrogens with one attached hydrogen (secondary N) is 2. The van der Waals surface area contributed by atoms with Crippen molar-refractivity contribution in [3.63, 3.8) is 0 Å². The molecule has 2 N–H and O–H groups in total. The number of rotatable bonds is 7. The monoisotopic (exact) mass is 341 g/mol. The van der Waals surface area contributed by atoms with Crippen LogP contribution in [0.1, 0.15) is 5.56 Å². The van der Waals surface area contributed by atoms with E-state index < -0.39 is 0 Å². The Labute approximate surface area is 147 Å². The molecule has 1 aliphatic heterocycles. The normalized spacial score (nSPS) is 19.4. The van der Waals surface area contributed by atoms with E-state index >= 15 is 0 Å². The van der Waals surface area contributed by atoms with Crippen molar-refractivity contribution in [3.05, 3.63) is 54.4 Å². The smallest absolute Gasteiger partial charge is 0.225 e. The summed E-state index contributed by atoms with van der Waals surface area (Å²) in [4.78, 5) is 16.6. The number of para-hydroxylation sites is 1. The minimum atomic E-state index is -0.105. The van der Waals surface area contributed by atoms with Crippen LogP contribution in [0.15, 0.2) is 48.8 Å². The van der Waals surface area contributed by atoms with Crippen molar-refractivity contribution in [1.82, 2.24) is 15.6 Å². The van der Waals surface area contributed by atoms with Crippen molar-refractivity contribution < 1.29 is 14.3 Å². The van der Waals surface area contributed by atoms with Crippen molar-refractivity contribution in [2.24, 2.45) is 11.8 Å². The molecule has 3 rings (SSSR count). The summed E-state index contributed by atoms with van der Waals surface area (Å²) in [6.07, 6.45) is 3.39. The van der Waals surface area contributed by atoms with Crippen molar-refractivity contribution >= 4 is 5.91 Å². The van der Waals surface area contributed by atoms with Gasteiger partial charge in [-0.1, -0.05) is 18.2 Å². The Hall–Kier alpha value is -2.60.